The van der Waals surface area contributed by atoms with Gasteiger partial charge in [0, 0.05) is 0 Å². The van der Waals surface area contributed by atoms with Crippen LogP contribution in [0.25, 0.3) is 6.08 Å². The minimum Gasteiger partial charge on any atom is -0.494 e. The summed E-state index contributed by atoms with van der Waals surface area (Å²) in [7, 11) is 0. The van der Waals surface area contributed by atoms with Crippen molar-refractivity contribution in [1.29, 1.82) is 0 Å². The van der Waals surface area contributed by atoms with Crippen LogP contribution in [0.1, 0.15) is 32.8 Å². The minimum absolute atomic E-state index is 0.153. The van der Waals surface area contributed by atoms with Gasteiger partial charge in [0.05, 0.1) is 34.9 Å². The van der Waals surface area contributed by atoms with Crippen LogP contribution in [-0.4, -0.2) is 30.0 Å². The van der Waals surface area contributed by atoms with Crippen LogP contribution >= 0.6 is 39.9 Å². The lowest BCUT2D eigenvalue weighted by molar-refractivity contribution is -0.113. The van der Waals surface area contributed by atoms with E-state index >= 15 is 0 Å². The summed E-state index contributed by atoms with van der Waals surface area (Å²) in [4.78, 5) is 15.2. The molecular weight excluding hydrogens is 498 g/mol. The summed E-state index contributed by atoms with van der Waals surface area (Å²) < 4.78 is 18.3. The second-order valence-electron chi connectivity index (χ2n) is 6.56. The van der Waals surface area contributed by atoms with Crippen molar-refractivity contribution < 1.29 is 19.0 Å². The molecule has 5 nitrogen and oxygen atoms in total. The van der Waals surface area contributed by atoms with Crippen LogP contribution in [0.5, 0.6) is 17.2 Å². The van der Waals surface area contributed by atoms with Crippen LogP contribution in [-0.2, 0) is 4.79 Å². The highest BCUT2D eigenvalue weighted by Gasteiger charge is 2.33. The van der Waals surface area contributed by atoms with E-state index in [0.717, 1.165) is 22.2 Å². The van der Waals surface area contributed by atoms with Crippen LogP contribution in [0.2, 0.25) is 0 Å². The van der Waals surface area contributed by atoms with E-state index in [2.05, 4.69) is 22.9 Å². The summed E-state index contributed by atoms with van der Waals surface area (Å²) in [6.45, 7) is 7.60. The Labute approximate surface area is 200 Å². The lowest BCUT2D eigenvalue weighted by Gasteiger charge is -2.15. The molecule has 0 saturated carbocycles. The number of thiocarbonyl (C=S) groups is 1. The molecule has 1 fully saturated rings. The maximum Gasteiger partial charge on any atom is 0.270 e. The largest absolute Gasteiger partial charge is 0.494 e. The van der Waals surface area contributed by atoms with Gasteiger partial charge in [0.25, 0.3) is 5.91 Å². The van der Waals surface area contributed by atoms with Crippen LogP contribution in [0.4, 0.5) is 5.69 Å². The quantitative estimate of drug-likeness (QED) is 0.279. The van der Waals surface area contributed by atoms with Gasteiger partial charge in [-0.3, -0.25) is 9.69 Å². The zero-order valence-electron chi connectivity index (χ0n) is 17.6. The van der Waals surface area contributed by atoms with Crippen molar-refractivity contribution in [2.75, 3.05) is 24.7 Å². The summed E-state index contributed by atoms with van der Waals surface area (Å²) in [5, 5.41) is 0. The number of amides is 1. The molecule has 1 aliphatic rings. The Morgan fingerprint density at radius 3 is 2.42 bits per heavy atom. The summed E-state index contributed by atoms with van der Waals surface area (Å²) in [5.41, 5.74) is 1.54. The lowest BCUT2D eigenvalue weighted by Crippen LogP contribution is -2.27. The number of carbonyl (C=O) groups is 1. The topological polar surface area (TPSA) is 48.0 Å². The minimum atomic E-state index is -0.153. The fourth-order valence-electron chi connectivity index (χ4n) is 2.98. The maximum atomic E-state index is 13.1. The van der Waals surface area contributed by atoms with Gasteiger partial charge in [0.15, 0.2) is 15.8 Å². The molecule has 2 aromatic carbocycles. The van der Waals surface area contributed by atoms with Crippen molar-refractivity contribution in [2.45, 2.75) is 27.2 Å². The number of benzene rings is 2. The van der Waals surface area contributed by atoms with E-state index in [4.69, 9.17) is 26.4 Å². The molecule has 1 saturated heterocycles. The Balaban J connectivity index is 1.88. The third kappa shape index (κ3) is 5.61. The van der Waals surface area contributed by atoms with E-state index in [1.54, 1.807) is 4.90 Å². The van der Waals surface area contributed by atoms with Crippen molar-refractivity contribution in [3.8, 4) is 17.2 Å². The first-order valence-electron chi connectivity index (χ1n) is 10.1. The normalized spacial score (nSPS) is 15.0. The van der Waals surface area contributed by atoms with E-state index < -0.39 is 0 Å². The summed E-state index contributed by atoms with van der Waals surface area (Å²) in [5.74, 6) is 1.91. The number of rotatable bonds is 9. The standard InChI is InChI=1S/C23H24BrNO4S2/c1-4-11-29-21-18(24)12-15(13-19(21)28-6-3)14-20-22(26)25(23(30)31-20)16-7-9-17(10-8-16)27-5-2/h7-10,12-14H,4-6,11H2,1-3H3/b20-14-. The number of carbonyl (C=O) groups excluding carboxylic acids is 1. The third-order valence-corrected chi connectivity index (χ3v) is 6.17. The fraction of sp³-hybridized carbons (Fsp3) is 0.304. The van der Waals surface area contributed by atoms with E-state index in [9.17, 15) is 4.79 Å². The molecule has 0 N–H and O–H groups in total. The first kappa shape index (κ1) is 23.6. The van der Waals surface area contributed by atoms with Gasteiger partial charge in [-0.2, -0.15) is 0 Å². The molecule has 3 rings (SSSR count). The summed E-state index contributed by atoms with van der Waals surface area (Å²) in [6.07, 6.45) is 2.72. The van der Waals surface area contributed by atoms with Crippen molar-refractivity contribution in [2.24, 2.45) is 0 Å². The molecule has 1 aliphatic heterocycles. The highest BCUT2D eigenvalue weighted by Crippen LogP contribution is 2.40. The first-order chi connectivity index (χ1) is 15.0. The van der Waals surface area contributed by atoms with Crippen molar-refractivity contribution >= 4 is 61.9 Å². The number of halogens is 1. The third-order valence-electron chi connectivity index (χ3n) is 4.28. The number of nitrogens with zero attached hydrogens (tertiary/aromatic N) is 1. The highest BCUT2D eigenvalue weighted by molar-refractivity contribution is 9.10. The second-order valence-corrected chi connectivity index (χ2v) is 9.09. The van der Waals surface area contributed by atoms with Crippen molar-refractivity contribution in [3.63, 3.8) is 0 Å². The van der Waals surface area contributed by atoms with E-state index in [0.29, 0.717) is 46.2 Å². The first-order valence-corrected chi connectivity index (χ1v) is 12.1. The van der Waals surface area contributed by atoms with Crippen molar-refractivity contribution in [3.05, 3.63) is 51.3 Å². The number of anilines is 1. The predicted molar refractivity (Wildman–Crippen MR) is 134 cm³/mol. The average molecular weight is 522 g/mol. The molecule has 2 aromatic rings. The van der Waals surface area contributed by atoms with Gasteiger partial charge in [-0.15, -0.1) is 0 Å². The molecule has 1 heterocycles. The SMILES string of the molecule is CCCOc1c(Br)cc(/C=C2\SC(=S)N(c3ccc(OCC)cc3)C2=O)cc1OCC. The maximum absolute atomic E-state index is 13.1. The smallest absolute Gasteiger partial charge is 0.270 e. The molecule has 0 bridgehead atoms. The zero-order chi connectivity index (χ0) is 22.4. The van der Waals surface area contributed by atoms with Gasteiger partial charge in [0.1, 0.15) is 5.75 Å². The molecule has 1 amide bonds. The Morgan fingerprint density at radius 1 is 1.06 bits per heavy atom. The predicted octanol–water partition coefficient (Wildman–Crippen LogP) is 6.44. The van der Waals surface area contributed by atoms with E-state index in [1.807, 2.05) is 56.3 Å². The van der Waals surface area contributed by atoms with Crippen LogP contribution in [0, 0.1) is 0 Å². The average Bonchev–Trinajstić information content (AvgIpc) is 3.01. The molecule has 0 radical (unpaired) electrons. The Morgan fingerprint density at radius 2 is 1.77 bits per heavy atom. The molecule has 8 heteroatoms. The molecule has 0 aliphatic carbocycles. The molecule has 0 aromatic heterocycles. The monoisotopic (exact) mass is 521 g/mol. The fourth-order valence-corrected chi connectivity index (χ4v) is 4.85. The van der Waals surface area contributed by atoms with Gasteiger partial charge in [0.2, 0.25) is 0 Å². The molecule has 0 unspecified atom stereocenters. The molecule has 31 heavy (non-hydrogen) atoms. The Bertz CT molecular complexity index is 992. The Hall–Kier alpha value is -2.03. The summed E-state index contributed by atoms with van der Waals surface area (Å²) >= 11 is 10.3. The number of hydrogen-bond acceptors (Lipinski definition) is 6. The van der Waals surface area contributed by atoms with Gasteiger partial charge < -0.3 is 14.2 Å². The number of ether oxygens (including phenoxy) is 3. The number of thioether (sulfide) groups is 1. The molecule has 0 spiro atoms. The molecule has 0 atom stereocenters. The molecule has 164 valence electrons. The highest BCUT2D eigenvalue weighted by atomic mass is 79.9. The van der Waals surface area contributed by atoms with E-state index in [-0.39, 0.29) is 5.91 Å². The van der Waals surface area contributed by atoms with Gasteiger partial charge >= 0.3 is 0 Å². The zero-order valence-corrected chi connectivity index (χ0v) is 20.9. The molecular formula is C23H24BrNO4S2. The Kier molecular flexibility index (Phi) is 8.40. The second kappa shape index (κ2) is 11.0. The van der Waals surface area contributed by atoms with Crippen LogP contribution in [0.15, 0.2) is 45.8 Å². The van der Waals surface area contributed by atoms with E-state index in [1.165, 1.54) is 11.8 Å². The van der Waals surface area contributed by atoms with Crippen LogP contribution in [0.3, 0.4) is 0 Å². The van der Waals surface area contributed by atoms with Gasteiger partial charge in [-0.25, -0.2) is 0 Å². The summed E-state index contributed by atoms with van der Waals surface area (Å²) in [6, 6.07) is 11.1. The van der Waals surface area contributed by atoms with Gasteiger partial charge in [-0.05, 0) is 84.2 Å². The number of hydrogen-bond donors (Lipinski definition) is 0. The lowest BCUT2D eigenvalue weighted by atomic mass is 10.1. The van der Waals surface area contributed by atoms with Gasteiger partial charge in [-0.1, -0.05) is 30.9 Å². The van der Waals surface area contributed by atoms with Crippen LogP contribution < -0.4 is 19.1 Å². The van der Waals surface area contributed by atoms with Crippen molar-refractivity contribution in [1.82, 2.24) is 0 Å².